The molecule has 0 bridgehead atoms. The Balaban J connectivity index is 0.000000320. The fraction of sp³-hybridized carbons (Fsp3) is 0.455. The molecule has 0 aliphatic heterocycles. The fourth-order valence-corrected chi connectivity index (χ4v) is 5.79. The number of carboxylic acid groups (broad SMARTS) is 1. The normalized spacial score (nSPS) is 20.8. The Labute approximate surface area is 199 Å². The Morgan fingerprint density at radius 3 is 2.46 bits per heavy atom. The van der Waals surface area contributed by atoms with Gasteiger partial charge in [0.15, 0.2) is 9.84 Å². The Bertz CT molecular complexity index is 1210. The molecule has 188 valence electrons. The van der Waals surface area contributed by atoms with E-state index in [0.717, 1.165) is 12.1 Å². The third-order valence-electron chi connectivity index (χ3n) is 5.87. The van der Waals surface area contributed by atoms with Crippen LogP contribution in [0.5, 0.6) is 0 Å². The lowest BCUT2D eigenvalue weighted by atomic mass is 10.1. The highest BCUT2D eigenvalue weighted by atomic mass is 32.2. The zero-order valence-electron chi connectivity index (χ0n) is 18.6. The first kappa shape index (κ1) is 26.4. The highest BCUT2D eigenvalue weighted by Gasteiger charge is 2.45. The van der Waals surface area contributed by atoms with E-state index in [2.05, 4.69) is 15.3 Å². The summed E-state index contributed by atoms with van der Waals surface area (Å²) in [6, 6.07) is 5.06. The van der Waals surface area contributed by atoms with Gasteiger partial charge in [-0.2, -0.15) is 18.4 Å². The molecule has 2 saturated carbocycles. The second kappa shape index (κ2) is 10.2. The van der Waals surface area contributed by atoms with Crippen LogP contribution in [-0.2, 0) is 20.8 Å². The summed E-state index contributed by atoms with van der Waals surface area (Å²) in [4.78, 5) is 17.1. The Hall–Kier alpha value is -3.24. The zero-order valence-corrected chi connectivity index (χ0v) is 19.4. The van der Waals surface area contributed by atoms with E-state index in [-0.39, 0.29) is 30.2 Å². The highest BCUT2D eigenvalue weighted by Crippen LogP contribution is 2.40. The molecule has 4 rings (SSSR count). The molecule has 9 nitrogen and oxygen atoms in total. The number of sulfone groups is 1. The van der Waals surface area contributed by atoms with Crippen LogP contribution >= 0.6 is 0 Å². The quantitative estimate of drug-likeness (QED) is 0.616. The lowest BCUT2D eigenvalue weighted by Gasteiger charge is -2.18. The third-order valence-corrected chi connectivity index (χ3v) is 8.14. The molecule has 0 unspecified atom stereocenters. The van der Waals surface area contributed by atoms with Crippen molar-refractivity contribution >= 4 is 15.9 Å². The largest absolute Gasteiger partial charge is 0.465 e. The number of methoxy groups -OCH3 is 1. The summed E-state index contributed by atoms with van der Waals surface area (Å²) < 4.78 is 71.5. The number of halogens is 3. The topological polar surface area (TPSA) is 142 Å². The van der Waals surface area contributed by atoms with Crippen LogP contribution in [0, 0.1) is 11.3 Å². The average Bonchev–Trinajstić information content (AvgIpc) is 3.40. The van der Waals surface area contributed by atoms with Crippen molar-refractivity contribution in [3.63, 3.8) is 0 Å². The van der Waals surface area contributed by atoms with Gasteiger partial charge in [0.2, 0.25) is 0 Å². The van der Waals surface area contributed by atoms with Crippen LogP contribution in [0.15, 0.2) is 41.7 Å². The van der Waals surface area contributed by atoms with Crippen LogP contribution in [0.4, 0.5) is 18.0 Å². The molecule has 0 radical (unpaired) electrons. The number of ether oxygens (including phenoxy) is 1. The summed E-state index contributed by atoms with van der Waals surface area (Å²) in [6.07, 6.45) is 0.202. The van der Waals surface area contributed by atoms with E-state index in [9.17, 15) is 26.4 Å². The third kappa shape index (κ3) is 6.26. The predicted molar refractivity (Wildman–Crippen MR) is 117 cm³/mol. The number of hydrogen-bond acceptors (Lipinski definition) is 7. The maximum atomic E-state index is 13.6. The highest BCUT2D eigenvalue weighted by molar-refractivity contribution is 7.92. The molecule has 0 spiro atoms. The van der Waals surface area contributed by atoms with Crippen molar-refractivity contribution in [2.75, 3.05) is 7.11 Å². The number of carbonyl (C=O) groups is 1. The molecule has 2 aromatic rings. The number of nitrogens with one attached hydrogen (secondary N) is 1. The summed E-state index contributed by atoms with van der Waals surface area (Å²) in [6.45, 7) is 0. The van der Waals surface area contributed by atoms with Crippen molar-refractivity contribution in [1.29, 1.82) is 5.26 Å². The first-order valence-electron chi connectivity index (χ1n) is 10.6. The standard InChI is InChI=1S/C17H17F3N2O3S.C5H6N2O2/c1-25-12-3-4-13(9-12)26(23,24)16-5-2-11(8-14(16)17(18,19)20)15-10-21-6-7-22-15;6-3-5(1-2-5)7-4(8)9/h2,5-8,10,12-13H,3-4,9H2,1H3;7H,1-2H2,(H,8,9)/t12-,13-;/m0./s1. The van der Waals surface area contributed by atoms with Gasteiger partial charge < -0.3 is 15.2 Å². The molecule has 35 heavy (non-hydrogen) atoms. The van der Waals surface area contributed by atoms with Crippen molar-refractivity contribution in [3.05, 3.63) is 42.4 Å². The van der Waals surface area contributed by atoms with Gasteiger partial charge in [-0.3, -0.25) is 9.97 Å². The number of rotatable bonds is 5. The van der Waals surface area contributed by atoms with Gasteiger partial charge in [-0.05, 0) is 44.2 Å². The first-order valence-corrected chi connectivity index (χ1v) is 12.1. The summed E-state index contributed by atoms with van der Waals surface area (Å²) in [7, 11) is -2.66. The molecule has 2 atom stereocenters. The van der Waals surface area contributed by atoms with Crippen molar-refractivity contribution in [1.82, 2.24) is 15.3 Å². The number of aromatic nitrogens is 2. The molecule has 2 fully saturated rings. The van der Waals surface area contributed by atoms with Gasteiger partial charge >= 0.3 is 12.3 Å². The number of nitrogens with zero attached hydrogens (tertiary/aromatic N) is 3. The van der Waals surface area contributed by atoms with E-state index in [1.807, 2.05) is 6.07 Å². The molecular formula is C22H23F3N4O5S. The fourth-order valence-electron chi connectivity index (χ4n) is 3.78. The van der Waals surface area contributed by atoms with Crippen LogP contribution in [0.3, 0.4) is 0 Å². The van der Waals surface area contributed by atoms with Crippen molar-refractivity contribution in [2.45, 2.75) is 60.1 Å². The van der Waals surface area contributed by atoms with Crippen LogP contribution < -0.4 is 5.32 Å². The Morgan fingerprint density at radius 2 is 2.00 bits per heavy atom. The minimum atomic E-state index is -4.81. The minimum Gasteiger partial charge on any atom is -0.465 e. The number of benzene rings is 1. The van der Waals surface area contributed by atoms with Crippen molar-refractivity contribution < 1.29 is 36.2 Å². The predicted octanol–water partition coefficient (Wildman–Crippen LogP) is 3.81. The molecule has 1 amide bonds. The number of alkyl halides is 3. The smallest absolute Gasteiger partial charge is 0.417 e. The SMILES string of the molecule is CO[C@H]1CC[C@H](S(=O)(=O)c2ccc(-c3cnccn3)cc2C(F)(F)F)C1.N#CC1(NC(=O)O)CC1. The molecule has 2 aliphatic rings. The van der Waals surface area contributed by atoms with Gasteiger partial charge in [0.25, 0.3) is 0 Å². The van der Waals surface area contributed by atoms with Gasteiger partial charge in [0.05, 0.1) is 39.8 Å². The average molecular weight is 513 g/mol. The Morgan fingerprint density at radius 1 is 1.29 bits per heavy atom. The van der Waals surface area contributed by atoms with Crippen LogP contribution in [0.1, 0.15) is 37.7 Å². The number of hydrogen-bond donors (Lipinski definition) is 2. The second-order valence-corrected chi connectivity index (χ2v) is 10.5. The molecule has 1 aromatic carbocycles. The summed E-state index contributed by atoms with van der Waals surface area (Å²) in [5.74, 6) is 0. The number of amides is 1. The van der Waals surface area contributed by atoms with Gasteiger partial charge in [-0.25, -0.2) is 13.2 Å². The Kier molecular flexibility index (Phi) is 7.66. The zero-order chi connectivity index (χ0) is 25.9. The monoisotopic (exact) mass is 512 g/mol. The molecule has 2 N–H and O–H groups in total. The van der Waals surface area contributed by atoms with E-state index >= 15 is 0 Å². The van der Waals surface area contributed by atoms with Gasteiger partial charge in [-0.1, -0.05) is 6.07 Å². The molecule has 1 aromatic heterocycles. The van der Waals surface area contributed by atoms with E-state index in [0.29, 0.717) is 19.3 Å². The first-order chi connectivity index (χ1) is 16.4. The minimum absolute atomic E-state index is 0.158. The summed E-state index contributed by atoms with van der Waals surface area (Å²) in [5, 5.41) is 17.7. The molecular weight excluding hydrogens is 489 g/mol. The van der Waals surface area contributed by atoms with E-state index in [1.54, 1.807) is 0 Å². The van der Waals surface area contributed by atoms with Crippen LogP contribution in [-0.4, -0.2) is 53.6 Å². The van der Waals surface area contributed by atoms with Crippen molar-refractivity contribution in [3.8, 4) is 17.3 Å². The van der Waals surface area contributed by atoms with Crippen LogP contribution in [0.25, 0.3) is 11.3 Å². The lowest BCUT2D eigenvalue weighted by Crippen LogP contribution is -2.33. The van der Waals surface area contributed by atoms with Crippen LogP contribution in [0.2, 0.25) is 0 Å². The van der Waals surface area contributed by atoms with Gasteiger partial charge in [0.1, 0.15) is 5.54 Å². The summed E-state index contributed by atoms with van der Waals surface area (Å²) >= 11 is 0. The maximum absolute atomic E-state index is 13.6. The second-order valence-electron chi connectivity index (χ2n) is 8.26. The van der Waals surface area contributed by atoms with E-state index in [4.69, 9.17) is 15.1 Å². The molecule has 2 aliphatic carbocycles. The van der Waals surface area contributed by atoms with Gasteiger partial charge in [0, 0.05) is 25.1 Å². The molecule has 1 heterocycles. The maximum Gasteiger partial charge on any atom is 0.417 e. The molecule has 0 saturated heterocycles. The summed E-state index contributed by atoms with van der Waals surface area (Å²) in [5.41, 5.74) is -1.51. The van der Waals surface area contributed by atoms with E-state index in [1.165, 1.54) is 31.8 Å². The lowest BCUT2D eigenvalue weighted by molar-refractivity contribution is -0.139. The van der Waals surface area contributed by atoms with E-state index < -0.39 is 43.4 Å². The molecule has 13 heteroatoms. The van der Waals surface area contributed by atoms with Gasteiger partial charge in [-0.15, -0.1) is 0 Å². The van der Waals surface area contributed by atoms with Crippen molar-refractivity contribution in [2.24, 2.45) is 0 Å². The number of nitriles is 1.